The van der Waals surface area contributed by atoms with Crippen LogP contribution in [-0.4, -0.2) is 41.3 Å². The molecule has 0 aliphatic carbocycles. The summed E-state index contributed by atoms with van der Waals surface area (Å²) in [7, 11) is 0. The Kier molecular flexibility index (Phi) is 17.1. The summed E-state index contributed by atoms with van der Waals surface area (Å²) in [5.41, 5.74) is 0. The molecule has 0 saturated heterocycles. The molecular weight excluding hydrogens is 349 g/mol. The largest absolute Gasteiger partial charge is 1.00 e. The van der Waals surface area contributed by atoms with Gasteiger partial charge in [-0.25, -0.2) is 4.79 Å². The van der Waals surface area contributed by atoms with Crippen LogP contribution in [0.4, 0.5) is 0 Å². The Balaban J connectivity index is 0. The smallest absolute Gasteiger partial charge is 0.550 e. The van der Waals surface area contributed by atoms with Gasteiger partial charge in [-0.1, -0.05) is 39.5 Å². The summed E-state index contributed by atoms with van der Waals surface area (Å²) >= 11 is 0. The van der Waals surface area contributed by atoms with E-state index in [0.29, 0.717) is 12.8 Å². The number of nitrogens with zero attached hydrogens (tertiary/aromatic N) is 1. The zero-order chi connectivity index (χ0) is 19.2. The zero-order valence-electron chi connectivity index (χ0n) is 16.5. The van der Waals surface area contributed by atoms with E-state index in [4.69, 9.17) is 4.74 Å². The molecule has 0 aliphatic heterocycles. The first-order valence-corrected chi connectivity index (χ1v) is 9.10. The number of imide groups is 1. The second-order valence-corrected chi connectivity index (χ2v) is 5.92. The first kappa shape index (κ1) is 27.3. The van der Waals surface area contributed by atoms with E-state index in [-0.39, 0.29) is 49.0 Å². The first-order chi connectivity index (χ1) is 11.9. The van der Waals surface area contributed by atoms with Gasteiger partial charge < -0.3 is 14.6 Å². The van der Waals surface area contributed by atoms with Crippen LogP contribution in [0.1, 0.15) is 78.6 Å². The third kappa shape index (κ3) is 10.9. The van der Waals surface area contributed by atoms with Gasteiger partial charge >= 0.3 is 35.5 Å². The molecule has 0 radical (unpaired) electrons. The normalized spacial score (nSPS) is 11.2. The van der Waals surface area contributed by atoms with Crippen LogP contribution in [0, 0.1) is 0 Å². The number of unbranched alkanes of at least 4 members (excludes halogenated alkanes) is 4. The number of carboxylic acids is 1. The van der Waals surface area contributed by atoms with Crippen LogP contribution in [0.2, 0.25) is 0 Å². The van der Waals surface area contributed by atoms with Gasteiger partial charge in [0, 0.05) is 25.2 Å². The Labute approximate surface area is 178 Å². The minimum atomic E-state index is -1.51. The topological polar surface area (TPSA) is 104 Å². The number of hydrogen-bond acceptors (Lipinski definition) is 6. The molecule has 1 unspecified atom stereocenters. The number of rotatable bonds is 13. The van der Waals surface area contributed by atoms with Gasteiger partial charge in [0.15, 0.2) is 0 Å². The summed E-state index contributed by atoms with van der Waals surface area (Å²) in [4.78, 5) is 49.0. The third-order valence-corrected chi connectivity index (χ3v) is 3.76. The van der Waals surface area contributed by atoms with E-state index < -0.39 is 36.2 Å². The maximum absolute atomic E-state index is 12.5. The summed E-state index contributed by atoms with van der Waals surface area (Å²) in [5.74, 6) is -3.46. The fraction of sp³-hybridized carbons (Fsp3) is 0.778. The van der Waals surface area contributed by atoms with Crippen molar-refractivity contribution in [1.29, 1.82) is 0 Å². The van der Waals surface area contributed by atoms with Crippen molar-refractivity contribution in [1.82, 2.24) is 4.90 Å². The minimum absolute atomic E-state index is 0. The van der Waals surface area contributed by atoms with Crippen LogP contribution >= 0.6 is 0 Å². The minimum Gasteiger partial charge on any atom is -0.550 e. The van der Waals surface area contributed by atoms with Crippen LogP contribution in [0.25, 0.3) is 0 Å². The van der Waals surface area contributed by atoms with Crippen LogP contribution < -0.4 is 34.7 Å². The predicted molar refractivity (Wildman–Crippen MR) is 90.2 cm³/mol. The first-order valence-electron chi connectivity index (χ1n) is 9.10. The van der Waals surface area contributed by atoms with E-state index in [0.717, 1.165) is 30.6 Å². The van der Waals surface area contributed by atoms with Crippen LogP contribution in [-0.2, 0) is 23.9 Å². The molecule has 0 heterocycles. The number of aliphatic carboxylic acids is 1. The fourth-order valence-corrected chi connectivity index (χ4v) is 2.46. The summed E-state index contributed by atoms with van der Waals surface area (Å²) in [6, 6.07) is -1.46. The molecule has 1 atom stereocenters. The molecule has 26 heavy (non-hydrogen) atoms. The van der Waals surface area contributed by atoms with Crippen molar-refractivity contribution in [2.24, 2.45) is 0 Å². The standard InChI is InChI=1S/C18H31NO6.Na/c1-4-7-9-11-15(20)19(16(21)12-10-8-5-2)14(13-17(22)23)18(24)25-6-3;/h14H,4-13H2,1-3H3,(H,22,23);/q;+1/p-1. The molecular formula is C18H30NNaO6. The maximum Gasteiger partial charge on any atom is 1.00 e. The number of carbonyl (C=O) groups is 4. The molecule has 144 valence electrons. The van der Waals surface area contributed by atoms with E-state index in [1.807, 2.05) is 13.8 Å². The van der Waals surface area contributed by atoms with E-state index in [1.54, 1.807) is 6.92 Å². The van der Waals surface area contributed by atoms with Crippen molar-refractivity contribution in [3.63, 3.8) is 0 Å². The number of amides is 2. The molecule has 0 aromatic heterocycles. The van der Waals surface area contributed by atoms with E-state index in [1.165, 1.54) is 0 Å². The van der Waals surface area contributed by atoms with Gasteiger partial charge in [-0.3, -0.25) is 14.5 Å². The Morgan fingerprint density at radius 1 is 0.885 bits per heavy atom. The van der Waals surface area contributed by atoms with Crippen LogP contribution in [0.5, 0.6) is 0 Å². The molecule has 0 rings (SSSR count). The fourth-order valence-electron chi connectivity index (χ4n) is 2.46. The molecule has 7 nitrogen and oxygen atoms in total. The molecule has 0 saturated carbocycles. The van der Waals surface area contributed by atoms with Crippen molar-refractivity contribution < 1.29 is 58.6 Å². The molecule has 0 aromatic rings. The summed E-state index contributed by atoms with van der Waals surface area (Å²) in [6.07, 6.45) is 4.02. The molecule has 0 spiro atoms. The summed E-state index contributed by atoms with van der Waals surface area (Å²) in [5, 5.41) is 11.0. The number of esters is 1. The van der Waals surface area contributed by atoms with Crippen LogP contribution in [0.3, 0.4) is 0 Å². The molecule has 0 aromatic carbocycles. The van der Waals surface area contributed by atoms with Crippen molar-refractivity contribution in [2.75, 3.05) is 6.61 Å². The van der Waals surface area contributed by atoms with Gasteiger partial charge in [-0.2, -0.15) is 0 Å². The monoisotopic (exact) mass is 379 g/mol. The molecule has 0 N–H and O–H groups in total. The molecule has 0 aliphatic rings. The Bertz CT molecular complexity index is 433. The Morgan fingerprint density at radius 2 is 1.35 bits per heavy atom. The second-order valence-electron chi connectivity index (χ2n) is 5.92. The molecule has 2 amide bonds. The third-order valence-electron chi connectivity index (χ3n) is 3.76. The second kappa shape index (κ2) is 16.3. The van der Waals surface area contributed by atoms with Gasteiger partial charge in [0.1, 0.15) is 6.04 Å². The predicted octanol–water partition coefficient (Wildman–Crippen LogP) is -1.42. The van der Waals surface area contributed by atoms with Gasteiger partial charge in [0.25, 0.3) is 0 Å². The summed E-state index contributed by atoms with van der Waals surface area (Å²) in [6.45, 7) is 5.57. The average molecular weight is 379 g/mol. The molecule has 0 fully saturated rings. The molecule has 8 heteroatoms. The average Bonchev–Trinajstić information content (AvgIpc) is 2.54. The van der Waals surface area contributed by atoms with Gasteiger partial charge in [0.2, 0.25) is 11.8 Å². The SMILES string of the molecule is CCCCCC(=O)N(C(=O)CCCCC)C(CC(=O)[O-])C(=O)OCC.[Na+]. The van der Waals surface area contributed by atoms with Gasteiger partial charge in [-0.05, 0) is 19.8 Å². The Hall–Kier alpha value is -0.920. The van der Waals surface area contributed by atoms with Gasteiger partial charge in [0.05, 0.1) is 6.61 Å². The maximum atomic E-state index is 12.5. The van der Waals surface area contributed by atoms with Crippen molar-refractivity contribution in [3.8, 4) is 0 Å². The number of carboxylic acid groups (broad SMARTS) is 1. The number of ether oxygens (including phenoxy) is 1. The van der Waals surface area contributed by atoms with Crippen molar-refractivity contribution in [2.45, 2.75) is 84.6 Å². The number of carbonyl (C=O) groups excluding carboxylic acids is 4. The van der Waals surface area contributed by atoms with E-state index in [9.17, 15) is 24.3 Å². The summed E-state index contributed by atoms with van der Waals surface area (Å²) < 4.78 is 4.86. The van der Waals surface area contributed by atoms with Gasteiger partial charge in [-0.15, -0.1) is 0 Å². The quantitative estimate of drug-likeness (QED) is 0.221. The zero-order valence-corrected chi connectivity index (χ0v) is 18.5. The number of hydrogen-bond donors (Lipinski definition) is 0. The molecule has 0 bridgehead atoms. The van der Waals surface area contributed by atoms with Crippen molar-refractivity contribution >= 4 is 23.8 Å². The Morgan fingerprint density at radius 3 is 1.69 bits per heavy atom. The van der Waals surface area contributed by atoms with E-state index >= 15 is 0 Å². The van der Waals surface area contributed by atoms with Crippen molar-refractivity contribution in [3.05, 3.63) is 0 Å². The van der Waals surface area contributed by atoms with E-state index in [2.05, 4.69) is 0 Å². The van der Waals surface area contributed by atoms with Crippen LogP contribution in [0.15, 0.2) is 0 Å².